The third-order valence-electron chi connectivity index (χ3n) is 2.51. The Hall–Kier alpha value is -1.62. The number of hydrogen-bond donors (Lipinski definition) is 1. The van der Waals surface area contributed by atoms with Gasteiger partial charge in [0.15, 0.2) is 0 Å². The molecule has 1 fully saturated rings. The van der Waals surface area contributed by atoms with Crippen LogP contribution in [0.2, 0.25) is 0 Å². The summed E-state index contributed by atoms with van der Waals surface area (Å²) in [6.45, 7) is 2.65. The number of anilines is 1. The first-order valence-corrected chi connectivity index (χ1v) is 5.36. The molecule has 0 aliphatic carbocycles. The van der Waals surface area contributed by atoms with E-state index in [0.717, 1.165) is 13.0 Å². The van der Waals surface area contributed by atoms with Crippen molar-refractivity contribution in [3.05, 3.63) is 24.0 Å². The zero-order chi connectivity index (χ0) is 11.4. The van der Waals surface area contributed by atoms with Gasteiger partial charge in [0.2, 0.25) is 0 Å². The molecule has 16 heavy (non-hydrogen) atoms. The molecule has 5 nitrogen and oxygen atoms in total. The molecule has 0 aromatic carbocycles. The quantitative estimate of drug-likeness (QED) is 0.751. The normalized spacial score (nSPS) is 16.9. The summed E-state index contributed by atoms with van der Waals surface area (Å²) in [5.74, 6) is -0.0715. The second kappa shape index (κ2) is 4.94. The van der Waals surface area contributed by atoms with E-state index in [9.17, 15) is 4.79 Å². The van der Waals surface area contributed by atoms with Crippen LogP contribution in [-0.2, 0) is 4.74 Å². The Morgan fingerprint density at radius 3 is 3.12 bits per heavy atom. The Morgan fingerprint density at radius 2 is 2.31 bits per heavy atom. The summed E-state index contributed by atoms with van der Waals surface area (Å²) < 4.78 is 5.30. The highest BCUT2D eigenvalue weighted by atomic mass is 16.5. The van der Waals surface area contributed by atoms with E-state index in [-0.39, 0.29) is 5.91 Å². The molecule has 0 bridgehead atoms. The minimum atomic E-state index is -0.0715. The second-order valence-electron chi connectivity index (χ2n) is 3.73. The van der Waals surface area contributed by atoms with E-state index in [1.54, 1.807) is 23.2 Å². The maximum Gasteiger partial charge on any atom is 0.272 e. The molecule has 1 aliphatic rings. The Morgan fingerprint density at radius 1 is 1.44 bits per heavy atom. The van der Waals surface area contributed by atoms with Gasteiger partial charge in [-0.05, 0) is 18.6 Å². The van der Waals surface area contributed by atoms with Gasteiger partial charge in [0.1, 0.15) is 5.69 Å². The second-order valence-corrected chi connectivity index (χ2v) is 3.73. The average molecular weight is 221 g/mol. The first-order valence-electron chi connectivity index (χ1n) is 5.36. The van der Waals surface area contributed by atoms with Crippen molar-refractivity contribution >= 4 is 11.6 Å². The van der Waals surface area contributed by atoms with Crippen LogP contribution in [0.1, 0.15) is 16.9 Å². The van der Waals surface area contributed by atoms with E-state index in [1.807, 2.05) is 0 Å². The van der Waals surface area contributed by atoms with Gasteiger partial charge in [0.25, 0.3) is 5.91 Å². The molecule has 1 saturated heterocycles. The standard InChI is InChI=1S/C11H15N3O2/c12-9-2-3-13-10(8-9)11(15)14-4-1-6-16-7-5-14/h2-3,8H,1,4-7H2,(H2,12,13). The Bertz CT molecular complexity index is 373. The third-order valence-corrected chi connectivity index (χ3v) is 2.51. The van der Waals surface area contributed by atoms with Gasteiger partial charge in [-0.25, -0.2) is 0 Å². The topological polar surface area (TPSA) is 68.5 Å². The largest absolute Gasteiger partial charge is 0.399 e. The Balaban J connectivity index is 2.11. The van der Waals surface area contributed by atoms with Crippen molar-refractivity contribution in [3.8, 4) is 0 Å². The summed E-state index contributed by atoms with van der Waals surface area (Å²) in [6, 6.07) is 3.27. The van der Waals surface area contributed by atoms with Crippen LogP contribution in [0.15, 0.2) is 18.3 Å². The van der Waals surface area contributed by atoms with Crippen molar-refractivity contribution in [3.63, 3.8) is 0 Å². The maximum atomic E-state index is 12.1. The van der Waals surface area contributed by atoms with Crippen LogP contribution in [0.4, 0.5) is 5.69 Å². The Kier molecular flexibility index (Phi) is 3.36. The number of nitrogens with two attached hydrogens (primary N) is 1. The molecule has 2 N–H and O–H groups in total. The zero-order valence-corrected chi connectivity index (χ0v) is 9.06. The minimum absolute atomic E-state index is 0.0715. The van der Waals surface area contributed by atoms with E-state index < -0.39 is 0 Å². The van der Waals surface area contributed by atoms with Gasteiger partial charge in [0.05, 0.1) is 6.61 Å². The third kappa shape index (κ3) is 2.49. The van der Waals surface area contributed by atoms with Crippen LogP contribution in [0, 0.1) is 0 Å². The van der Waals surface area contributed by atoms with Gasteiger partial charge in [-0.1, -0.05) is 0 Å². The number of nitrogen functional groups attached to an aromatic ring is 1. The van der Waals surface area contributed by atoms with E-state index in [4.69, 9.17) is 10.5 Å². The SMILES string of the molecule is Nc1ccnc(C(=O)N2CCCOCC2)c1. The summed E-state index contributed by atoms with van der Waals surface area (Å²) in [5.41, 5.74) is 6.59. The molecule has 0 radical (unpaired) electrons. The van der Waals surface area contributed by atoms with Crippen molar-refractivity contribution in [1.29, 1.82) is 0 Å². The number of amides is 1. The summed E-state index contributed by atoms with van der Waals surface area (Å²) in [6.07, 6.45) is 2.42. The number of hydrogen-bond acceptors (Lipinski definition) is 4. The molecule has 2 rings (SSSR count). The first-order chi connectivity index (χ1) is 7.77. The van der Waals surface area contributed by atoms with Crippen molar-refractivity contribution in [2.45, 2.75) is 6.42 Å². The lowest BCUT2D eigenvalue weighted by Gasteiger charge is -2.18. The number of carbonyl (C=O) groups is 1. The van der Waals surface area contributed by atoms with Crippen molar-refractivity contribution in [2.24, 2.45) is 0 Å². The highest BCUT2D eigenvalue weighted by molar-refractivity contribution is 5.93. The lowest BCUT2D eigenvalue weighted by Crippen LogP contribution is -2.33. The highest BCUT2D eigenvalue weighted by Gasteiger charge is 2.18. The van der Waals surface area contributed by atoms with Crippen LogP contribution in [0.3, 0.4) is 0 Å². The predicted octanol–water partition coefficient (Wildman–Crippen LogP) is 0.526. The van der Waals surface area contributed by atoms with Gasteiger partial charge in [-0.15, -0.1) is 0 Å². The maximum absolute atomic E-state index is 12.1. The van der Waals surface area contributed by atoms with Crippen LogP contribution in [0.5, 0.6) is 0 Å². The van der Waals surface area contributed by atoms with E-state index in [0.29, 0.717) is 31.1 Å². The summed E-state index contributed by atoms with van der Waals surface area (Å²) >= 11 is 0. The molecular weight excluding hydrogens is 206 g/mol. The predicted molar refractivity (Wildman–Crippen MR) is 60.0 cm³/mol. The van der Waals surface area contributed by atoms with Gasteiger partial charge in [-0.3, -0.25) is 9.78 Å². The van der Waals surface area contributed by atoms with Crippen LogP contribution in [-0.4, -0.2) is 42.1 Å². The smallest absolute Gasteiger partial charge is 0.272 e. The summed E-state index contributed by atoms with van der Waals surface area (Å²) in [7, 11) is 0. The molecule has 86 valence electrons. The zero-order valence-electron chi connectivity index (χ0n) is 9.06. The summed E-state index contributed by atoms with van der Waals surface area (Å²) in [4.78, 5) is 17.8. The first kappa shape index (κ1) is 10.9. The molecule has 0 atom stereocenters. The number of nitrogens with zero attached hydrogens (tertiary/aromatic N) is 2. The number of rotatable bonds is 1. The summed E-state index contributed by atoms with van der Waals surface area (Å²) in [5, 5.41) is 0. The Labute approximate surface area is 94.2 Å². The fraction of sp³-hybridized carbons (Fsp3) is 0.455. The number of aromatic nitrogens is 1. The van der Waals surface area contributed by atoms with Gasteiger partial charge < -0.3 is 15.4 Å². The van der Waals surface area contributed by atoms with Crippen molar-refractivity contribution < 1.29 is 9.53 Å². The molecule has 1 aliphatic heterocycles. The molecule has 0 spiro atoms. The van der Waals surface area contributed by atoms with Crippen LogP contribution in [0.25, 0.3) is 0 Å². The fourth-order valence-corrected chi connectivity index (χ4v) is 1.68. The molecule has 5 heteroatoms. The van der Waals surface area contributed by atoms with E-state index in [1.165, 1.54) is 0 Å². The molecule has 1 aromatic rings. The van der Waals surface area contributed by atoms with Gasteiger partial charge >= 0.3 is 0 Å². The molecule has 0 unspecified atom stereocenters. The fourth-order valence-electron chi connectivity index (χ4n) is 1.68. The van der Waals surface area contributed by atoms with E-state index >= 15 is 0 Å². The monoisotopic (exact) mass is 221 g/mol. The molecule has 1 aromatic heterocycles. The van der Waals surface area contributed by atoms with Gasteiger partial charge in [-0.2, -0.15) is 0 Å². The molecular formula is C11H15N3O2. The molecule has 2 heterocycles. The number of carbonyl (C=O) groups excluding carboxylic acids is 1. The number of pyridine rings is 1. The number of ether oxygens (including phenoxy) is 1. The van der Waals surface area contributed by atoms with Gasteiger partial charge in [0, 0.05) is 31.6 Å². The minimum Gasteiger partial charge on any atom is -0.399 e. The van der Waals surface area contributed by atoms with Crippen molar-refractivity contribution in [1.82, 2.24) is 9.88 Å². The van der Waals surface area contributed by atoms with Crippen molar-refractivity contribution in [2.75, 3.05) is 32.0 Å². The average Bonchev–Trinajstić information content (AvgIpc) is 2.56. The van der Waals surface area contributed by atoms with E-state index in [2.05, 4.69) is 4.98 Å². The lowest BCUT2D eigenvalue weighted by molar-refractivity contribution is 0.0735. The molecule has 0 saturated carbocycles. The molecule has 1 amide bonds. The lowest BCUT2D eigenvalue weighted by atomic mass is 10.2. The van der Waals surface area contributed by atoms with Crippen LogP contribution >= 0.6 is 0 Å². The highest BCUT2D eigenvalue weighted by Crippen LogP contribution is 2.08. The van der Waals surface area contributed by atoms with Crippen LogP contribution < -0.4 is 5.73 Å².